The lowest BCUT2D eigenvalue weighted by molar-refractivity contribution is 0.747. The van der Waals surface area contributed by atoms with Gasteiger partial charge >= 0.3 is 0 Å². The van der Waals surface area contributed by atoms with Crippen molar-refractivity contribution in [1.82, 2.24) is 4.98 Å². The molecule has 0 bridgehead atoms. The molecule has 0 aliphatic rings. The molecule has 0 atom stereocenters. The first-order valence-corrected chi connectivity index (χ1v) is 5.43. The highest BCUT2D eigenvalue weighted by Gasteiger charge is 1.99. The average molecular weight is 200 g/mol. The standard InChI is InChI=1S/C13H16N2/c14-8-2-1-4-11-5-3-6-12-7-9-15-10-13(11)12/h3,5-7,9-10H,1-2,4,8,14H2. The van der Waals surface area contributed by atoms with Crippen LogP contribution in [0.4, 0.5) is 0 Å². The lowest BCUT2D eigenvalue weighted by Gasteiger charge is -2.05. The molecule has 0 radical (unpaired) electrons. The number of hydrogen-bond donors (Lipinski definition) is 1. The highest BCUT2D eigenvalue weighted by molar-refractivity contribution is 5.84. The fraction of sp³-hybridized carbons (Fsp3) is 0.308. The molecule has 0 saturated carbocycles. The van der Waals surface area contributed by atoms with Crippen LogP contribution in [-0.4, -0.2) is 11.5 Å². The fourth-order valence-corrected chi connectivity index (χ4v) is 1.85. The maximum Gasteiger partial charge on any atom is 0.0349 e. The van der Waals surface area contributed by atoms with Crippen LogP contribution in [0.15, 0.2) is 36.7 Å². The Labute approximate surface area is 90.1 Å². The van der Waals surface area contributed by atoms with Crippen LogP contribution in [0.25, 0.3) is 10.8 Å². The van der Waals surface area contributed by atoms with Crippen molar-refractivity contribution in [2.75, 3.05) is 6.54 Å². The third kappa shape index (κ3) is 2.34. The number of nitrogens with two attached hydrogens (primary N) is 1. The Hall–Kier alpha value is -1.41. The molecule has 0 unspecified atom stereocenters. The van der Waals surface area contributed by atoms with Gasteiger partial charge in [0.2, 0.25) is 0 Å². The van der Waals surface area contributed by atoms with Crippen molar-refractivity contribution < 1.29 is 0 Å². The van der Waals surface area contributed by atoms with E-state index in [9.17, 15) is 0 Å². The number of fused-ring (bicyclic) bond motifs is 1. The van der Waals surface area contributed by atoms with Crippen LogP contribution < -0.4 is 5.73 Å². The quantitative estimate of drug-likeness (QED) is 0.770. The van der Waals surface area contributed by atoms with Gasteiger partial charge in [0, 0.05) is 17.8 Å². The predicted octanol–water partition coefficient (Wildman–Crippen LogP) is 2.52. The predicted molar refractivity (Wildman–Crippen MR) is 63.7 cm³/mol. The SMILES string of the molecule is NCCCCc1cccc2ccncc12. The van der Waals surface area contributed by atoms with Gasteiger partial charge in [-0.25, -0.2) is 0 Å². The molecule has 0 fully saturated rings. The second-order valence-corrected chi connectivity index (χ2v) is 3.76. The Bertz CT molecular complexity index is 432. The second-order valence-electron chi connectivity index (χ2n) is 3.76. The number of hydrogen-bond acceptors (Lipinski definition) is 2. The number of pyridine rings is 1. The van der Waals surface area contributed by atoms with E-state index in [0.717, 1.165) is 25.8 Å². The van der Waals surface area contributed by atoms with E-state index in [-0.39, 0.29) is 0 Å². The van der Waals surface area contributed by atoms with Crippen molar-refractivity contribution in [3.05, 3.63) is 42.2 Å². The summed E-state index contributed by atoms with van der Waals surface area (Å²) in [7, 11) is 0. The highest BCUT2D eigenvalue weighted by Crippen LogP contribution is 2.18. The first kappa shape index (κ1) is 10.1. The lowest BCUT2D eigenvalue weighted by atomic mass is 10.0. The van der Waals surface area contributed by atoms with Crippen molar-refractivity contribution in [1.29, 1.82) is 0 Å². The summed E-state index contributed by atoms with van der Waals surface area (Å²) in [6.07, 6.45) is 7.14. The van der Waals surface area contributed by atoms with Crippen LogP contribution in [0.5, 0.6) is 0 Å². The van der Waals surface area contributed by atoms with Gasteiger partial charge in [-0.2, -0.15) is 0 Å². The van der Waals surface area contributed by atoms with Gasteiger partial charge in [-0.1, -0.05) is 18.2 Å². The summed E-state index contributed by atoms with van der Waals surface area (Å²) in [5.74, 6) is 0. The number of benzene rings is 1. The van der Waals surface area contributed by atoms with Gasteiger partial charge in [-0.05, 0) is 42.8 Å². The van der Waals surface area contributed by atoms with Crippen molar-refractivity contribution in [3.8, 4) is 0 Å². The van der Waals surface area contributed by atoms with E-state index >= 15 is 0 Å². The maximum absolute atomic E-state index is 5.49. The summed E-state index contributed by atoms with van der Waals surface area (Å²) in [4.78, 5) is 4.18. The second kappa shape index (κ2) is 4.89. The molecule has 1 aromatic carbocycles. The van der Waals surface area contributed by atoms with Gasteiger partial charge in [-0.3, -0.25) is 4.98 Å². The van der Waals surface area contributed by atoms with E-state index in [1.807, 2.05) is 12.4 Å². The van der Waals surface area contributed by atoms with Gasteiger partial charge in [-0.15, -0.1) is 0 Å². The van der Waals surface area contributed by atoms with Crippen molar-refractivity contribution >= 4 is 10.8 Å². The summed E-state index contributed by atoms with van der Waals surface area (Å²) < 4.78 is 0. The smallest absolute Gasteiger partial charge is 0.0349 e. The van der Waals surface area contributed by atoms with Crippen molar-refractivity contribution in [2.45, 2.75) is 19.3 Å². The molecule has 2 heteroatoms. The monoisotopic (exact) mass is 200 g/mol. The van der Waals surface area contributed by atoms with Gasteiger partial charge in [0.1, 0.15) is 0 Å². The molecule has 15 heavy (non-hydrogen) atoms. The number of nitrogens with zero attached hydrogens (tertiary/aromatic N) is 1. The van der Waals surface area contributed by atoms with Gasteiger partial charge in [0.15, 0.2) is 0 Å². The molecular weight excluding hydrogens is 184 g/mol. The highest BCUT2D eigenvalue weighted by atomic mass is 14.6. The Morgan fingerprint density at radius 3 is 2.93 bits per heavy atom. The molecular formula is C13H16N2. The third-order valence-corrected chi connectivity index (χ3v) is 2.67. The number of aromatic nitrogens is 1. The first-order chi connectivity index (χ1) is 7.42. The molecule has 1 aromatic heterocycles. The van der Waals surface area contributed by atoms with Gasteiger partial charge in [0.25, 0.3) is 0 Å². The molecule has 2 aromatic rings. The molecule has 0 aliphatic heterocycles. The van der Waals surface area contributed by atoms with Gasteiger partial charge in [0.05, 0.1) is 0 Å². The van der Waals surface area contributed by atoms with E-state index in [0.29, 0.717) is 0 Å². The number of unbranched alkanes of at least 4 members (excludes halogenated alkanes) is 1. The molecule has 0 saturated heterocycles. The number of aryl methyl sites for hydroxylation is 1. The fourth-order valence-electron chi connectivity index (χ4n) is 1.85. The maximum atomic E-state index is 5.49. The van der Waals surface area contributed by atoms with E-state index in [1.165, 1.54) is 16.3 Å². The molecule has 2 N–H and O–H groups in total. The summed E-state index contributed by atoms with van der Waals surface area (Å²) in [5.41, 5.74) is 6.88. The van der Waals surface area contributed by atoms with Crippen LogP contribution in [-0.2, 0) is 6.42 Å². The molecule has 0 amide bonds. The molecule has 2 nitrogen and oxygen atoms in total. The van der Waals surface area contributed by atoms with E-state index in [4.69, 9.17) is 5.73 Å². The van der Waals surface area contributed by atoms with E-state index in [2.05, 4.69) is 29.2 Å². The largest absolute Gasteiger partial charge is 0.330 e. The normalized spacial score (nSPS) is 10.7. The summed E-state index contributed by atoms with van der Waals surface area (Å²) in [6.45, 7) is 0.781. The molecule has 0 aliphatic carbocycles. The topological polar surface area (TPSA) is 38.9 Å². The molecule has 78 valence electrons. The molecule has 1 heterocycles. The van der Waals surface area contributed by atoms with Crippen LogP contribution in [0, 0.1) is 0 Å². The summed E-state index contributed by atoms with van der Waals surface area (Å²) in [5, 5.41) is 2.55. The summed E-state index contributed by atoms with van der Waals surface area (Å²) in [6, 6.07) is 8.48. The minimum Gasteiger partial charge on any atom is -0.330 e. The first-order valence-electron chi connectivity index (χ1n) is 5.43. The Morgan fingerprint density at radius 2 is 2.07 bits per heavy atom. The zero-order chi connectivity index (χ0) is 10.5. The van der Waals surface area contributed by atoms with Crippen molar-refractivity contribution in [2.24, 2.45) is 5.73 Å². The summed E-state index contributed by atoms with van der Waals surface area (Å²) >= 11 is 0. The zero-order valence-electron chi connectivity index (χ0n) is 8.82. The molecule has 0 spiro atoms. The zero-order valence-corrected chi connectivity index (χ0v) is 8.82. The Kier molecular flexibility index (Phi) is 3.30. The van der Waals surface area contributed by atoms with E-state index < -0.39 is 0 Å². The lowest BCUT2D eigenvalue weighted by Crippen LogP contribution is -1.99. The van der Waals surface area contributed by atoms with E-state index in [1.54, 1.807) is 0 Å². The Morgan fingerprint density at radius 1 is 1.13 bits per heavy atom. The third-order valence-electron chi connectivity index (χ3n) is 2.67. The van der Waals surface area contributed by atoms with Gasteiger partial charge < -0.3 is 5.73 Å². The van der Waals surface area contributed by atoms with Crippen LogP contribution in [0.1, 0.15) is 18.4 Å². The van der Waals surface area contributed by atoms with Crippen LogP contribution in [0.3, 0.4) is 0 Å². The number of rotatable bonds is 4. The minimum absolute atomic E-state index is 0.781. The average Bonchev–Trinajstić information content (AvgIpc) is 2.30. The van der Waals surface area contributed by atoms with Crippen LogP contribution >= 0.6 is 0 Å². The van der Waals surface area contributed by atoms with Crippen LogP contribution in [0.2, 0.25) is 0 Å². The Balaban J connectivity index is 2.26. The van der Waals surface area contributed by atoms with Crippen molar-refractivity contribution in [3.63, 3.8) is 0 Å². The molecule has 2 rings (SSSR count). The minimum atomic E-state index is 0.781.